The molecule has 0 spiro atoms. The molecule has 0 heterocycles. The van der Waals surface area contributed by atoms with E-state index >= 15 is 0 Å². The van der Waals surface area contributed by atoms with Crippen LogP contribution in [0.1, 0.15) is 27.2 Å². The van der Waals surface area contributed by atoms with Gasteiger partial charge >= 0.3 is 5.97 Å². The van der Waals surface area contributed by atoms with Gasteiger partial charge in [0.15, 0.2) is 12.2 Å². The van der Waals surface area contributed by atoms with Crippen molar-refractivity contribution in [3.8, 4) is 0 Å². The van der Waals surface area contributed by atoms with Crippen LogP contribution in [0.15, 0.2) is 12.7 Å². The maximum absolute atomic E-state index is 11.7. The number of esters is 1. The average molecular weight is 287 g/mol. The molecule has 0 rings (SSSR count). The topological polar surface area (TPSA) is 73.9 Å². The maximum atomic E-state index is 11.7. The summed E-state index contributed by atoms with van der Waals surface area (Å²) in [5.74, 6) is -0.894. The Hall–Kier alpha value is -1.40. The molecule has 0 aliphatic carbocycles. The van der Waals surface area contributed by atoms with E-state index in [1.165, 1.54) is 13.0 Å². The Kier molecular flexibility index (Phi) is 10.6. The second kappa shape index (κ2) is 11.4. The molecule has 0 aromatic carbocycles. The quantitative estimate of drug-likeness (QED) is 0.349. The lowest BCUT2D eigenvalue weighted by Gasteiger charge is -2.16. The Balaban J connectivity index is 3.88. The Labute approximate surface area is 120 Å². The zero-order valence-electron chi connectivity index (χ0n) is 12.5. The van der Waals surface area contributed by atoms with Gasteiger partial charge in [0.1, 0.15) is 0 Å². The molecule has 0 aromatic heterocycles. The van der Waals surface area contributed by atoms with Gasteiger partial charge in [-0.2, -0.15) is 0 Å². The van der Waals surface area contributed by atoms with Crippen LogP contribution in [0.2, 0.25) is 0 Å². The van der Waals surface area contributed by atoms with Gasteiger partial charge in [0.2, 0.25) is 0 Å². The SMILES string of the molecule is C=CCOC(C)C(=O)OC(C)C(=O)NCCCOCC. The minimum atomic E-state index is -0.843. The lowest BCUT2D eigenvalue weighted by atomic mass is 10.3. The number of ether oxygens (including phenoxy) is 3. The second-order valence-electron chi connectivity index (χ2n) is 4.18. The summed E-state index contributed by atoms with van der Waals surface area (Å²) >= 11 is 0. The maximum Gasteiger partial charge on any atom is 0.335 e. The fourth-order valence-electron chi connectivity index (χ4n) is 1.28. The molecule has 1 amide bonds. The highest BCUT2D eigenvalue weighted by Gasteiger charge is 2.21. The van der Waals surface area contributed by atoms with Crippen molar-refractivity contribution in [2.75, 3.05) is 26.4 Å². The van der Waals surface area contributed by atoms with Gasteiger partial charge in [0.05, 0.1) is 6.61 Å². The minimum Gasteiger partial charge on any atom is -0.451 e. The zero-order valence-corrected chi connectivity index (χ0v) is 12.5. The number of carbonyl (C=O) groups excluding carboxylic acids is 2. The van der Waals surface area contributed by atoms with Crippen molar-refractivity contribution < 1.29 is 23.8 Å². The molecule has 1 N–H and O–H groups in total. The van der Waals surface area contributed by atoms with Gasteiger partial charge in [-0.15, -0.1) is 6.58 Å². The molecular weight excluding hydrogens is 262 g/mol. The summed E-state index contributed by atoms with van der Waals surface area (Å²) in [6.07, 6.45) is 0.697. The first-order valence-electron chi connectivity index (χ1n) is 6.81. The normalized spacial score (nSPS) is 13.3. The molecule has 0 aliphatic rings. The van der Waals surface area contributed by atoms with Crippen LogP contribution in [-0.4, -0.2) is 50.4 Å². The van der Waals surface area contributed by atoms with Gasteiger partial charge in [-0.1, -0.05) is 6.08 Å². The summed E-state index contributed by atoms with van der Waals surface area (Å²) in [7, 11) is 0. The van der Waals surface area contributed by atoms with E-state index in [1.54, 1.807) is 6.92 Å². The van der Waals surface area contributed by atoms with E-state index in [2.05, 4.69) is 11.9 Å². The van der Waals surface area contributed by atoms with E-state index in [1.807, 2.05) is 6.92 Å². The van der Waals surface area contributed by atoms with E-state index in [-0.39, 0.29) is 12.5 Å². The van der Waals surface area contributed by atoms with Crippen LogP contribution in [0, 0.1) is 0 Å². The Morgan fingerprint density at radius 1 is 1.30 bits per heavy atom. The van der Waals surface area contributed by atoms with Crippen LogP contribution < -0.4 is 5.32 Å². The monoisotopic (exact) mass is 287 g/mol. The van der Waals surface area contributed by atoms with Crippen molar-refractivity contribution in [1.29, 1.82) is 0 Å². The van der Waals surface area contributed by atoms with Crippen LogP contribution in [0.3, 0.4) is 0 Å². The van der Waals surface area contributed by atoms with Crippen LogP contribution in [-0.2, 0) is 23.8 Å². The fraction of sp³-hybridized carbons (Fsp3) is 0.714. The molecule has 20 heavy (non-hydrogen) atoms. The molecule has 0 saturated carbocycles. The highest BCUT2D eigenvalue weighted by molar-refractivity contribution is 5.84. The highest BCUT2D eigenvalue weighted by Crippen LogP contribution is 2.00. The van der Waals surface area contributed by atoms with Crippen LogP contribution in [0.5, 0.6) is 0 Å². The molecular formula is C14H25NO5. The first kappa shape index (κ1) is 18.6. The summed E-state index contributed by atoms with van der Waals surface area (Å²) in [4.78, 5) is 23.3. The van der Waals surface area contributed by atoms with Crippen molar-refractivity contribution in [2.45, 2.75) is 39.4 Å². The molecule has 6 heteroatoms. The number of amides is 1. The second-order valence-corrected chi connectivity index (χ2v) is 4.18. The molecule has 0 aliphatic heterocycles. The van der Waals surface area contributed by atoms with E-state index in [0.717, 1.165) is 6.42 Å². The summed E-state index contributed by atoms with van der Waals surface area (Å²) < 4.78 is 15.3. The summed E-state index contributed by atoms with van der Waals surface area (Å²) in [5.41, 5.74) is 0. The molecule has 0 aromatic rings. The van der Waals surface area contributed by atoms with Gasteiger partial charge < -0.3 is 19.5 Å². The van der Waals surface area contributed by atoms with Crippen molar-refractivity contribution >= 4 is 11.9 Å². The first-order chi connectivity index (χ1) is 9.52. The van der Waals surface area contributed by atoms with Crippen molar-refractivity contribution in [3.05, 3.63) is 12.7 Å². The number of hydrogen-bond acceptors (Lipinski definition) is 5. The van der Waals surface area contributed by atoms with Crippen molar-refractivity contribution in [1.82, 2.24) is 5.32 Å². The molecule has 0 bridgehead atoms. The molecule has 0 fully saturated rings. The fourth-order valence-corrected chi connectivity index (χ4v) is 1.28. The Morgan fingerprint density at radius 2 is 2.00 bits per heavy atom. The van der Waals surface area contributed by atoms with Crippen molar-refractivity contribution in [2.24, 2.45) is 0 Å². The molecule has 0 saturated heterocycles. The molecule has 116 valence electrons. The smallest absolute Gasteiger partial charge is 0.335 e. The number of rotatable bonds is 11. The zero-order chi connectivity index (χ0) is 15.4. The largest absolute Gasteiger partial charge is 0.451 e. The third-order valence-corrected chi connectivity index (χ3v) is 2.43. The molecule has 2 atom stereocenters. The summed E-state index contributed by atoms with van der Waals surface area (Å²) in [6.45, 7) is 10.5. The Bertz CT molecular complexity index is 306. The predicted octanol–water partition coefficient (Wildman–Crippen LogP) is 1.05. The molecule has 6 nitrogen and oxygen atoms in total. The number of nitrogens with one attached hydrogen (secondary N) is 1. The molecule has 2 unspecified atom stereocenters. The van der Waals surface area contributed by atoms with Gasteiger partial charge in [-0.25, -0.2) is 4.79 Å². The van der Waals surface area contributed by atoms with Crippen LogP contribution in [0.25, 0.3) is 0 Å². The van der Waals surface area contributed by atoms with Gasteiger partial charge in [-0.3, -0.25) is 4.79 Å². The van der Waals surface area contributed by atoms with Gasteiger partial charge in [0, 0.05) is 19.8 Å². The van der Waals surface area contributed by atoms with Gasteiger partial charge in [0.25, 0.3) is 5.91 Å². The Morgan fingerprint density at radius 3 is 2.60 bits per heavy atom. The highest BCUT2D eigenvalue weighted by atomic mass is 16.6. The van der Waals surface area contributed by atoms with Crippen LogP contribution >= 0.6 is 0 Å². The van der Waals surface area contributed by atoms with Crippen molar-refractivity contribution in [3.63, 3.8) is 0 Å². The van der Waals surface area contributed by atoms with Crippen LogP contribution in [0.4, 0.5) is 0 Å². The minimum absolute atomic E-state index is 0.258. The lowest BCUT2D eigenvalue weighted by Crippen LogP contribution is -2.38. The average Bonchev–Trinajstić information content (AvgIpc) is 2.43. The standard InChI is InChI=1S/C14H25NO5/c1-5-9-19-12(4)14(17)20-11(3)13(16)15-8-7-10-18-6-2/h5,11-12H,1,6-10H2,2-4H3,(H,15,16). The summed E-state index contributed by atoms with van der Waals surface area (Å²) in [6, 6.07) is 0. The van der Waals surface area contributed by atoms with Gasteiger partial charge in [-0.05, 0) is 27.2 Å². The van der Waals surface area contributed by atoms with E-state index in [4.69, 9.17) is 14.2 Å². The van der Waals surface area contributed by atoms with E-state index in [0.29, 0.717) is 19.8 Å². The number of carbonyl (C=O) groups is 2. The van der Waals surface area contributed by atoms with E-state index < -0.39 is 18.2 Å². The summed E-state index contributed by atoms with van der Waals surface area (Å²) in [5, 5.41) is 2.68. The van der Waals surface area contributed by atoms with E-state index in [9.17, 15) is 9.59 Å². The predicted molar refractivity (Wildman–Crippen MR) is 75.3 cm³/mol. The third-order valence-electron chi connectivity index (χ3n) is 2.43. The lowest BCUT2D eigenvalue weighted by molar-refractivity contribution is -0.164. The number of hydrogen-bond donors (Lipinski definition) is 1. The molecule has 0 radical (unpaired) electrons. The third kappa shape index (κ3) is 8.66. The first-order valence-corrected chi connectivity index (χ1v) is 6.81.